The number of carboxylic acid groups (broad SMARTS) is 1. The maximum absolute atomic E-state index is 13.5. The van der Waals surface area contributed by atoms with Crippen LogP contribution in [-0.4, -0.2) is 90.3 Å². The van der Waals surface area contributed by atoms with E-state index in [1.807, 2.05) is 42.5 Å². The topological polar surface area (TPSA) is 97.8 Å². The Kier molecular flexibility index (Phi) is 9.46. The Balaban J connectivity index is 1.22. The van der Waals surface area contributed by atoms with E-state index in [0.29, 0.717) is 53.5 Å². The molecule has 2 saturated heterocycles. The first-order valence-corrected chi connectivity index (χ1v) is 15.7. The quantitative estimate of drug-likeness (QED) is 0.244. The SMILES string of the molecule is O=C(O)c1ccc(CCN2C(=O)/C(=C/c3cc(-c4ccc5c(c4)OCCO5)ccc3OCCN3CCOCC3)SC2=S)cc1. The van der Waals surface area contributed by atoms with Gasteiger partial charge in [0.25, 0.3) is 5.91 Å². The first-order chi connectivity index (χ1) is 21.4. The van der Waals surface area contributed by atoms with Crippen LogP contribution in [0.25, 0.3) is 17.2 Å². The van der Waals surface area contributed by atoms with E-state index in [4.69, 9.17) is 36.3 Å². The van der Waals surface area contributed by atoms with E-state index < -0.39 is 5.97 Å². The van der Waals surface area contributed by atoms with E-state index in [1.165, 1.54) is 11.8 Å². The number of benzene rings is 3. The summed E-state index contributed by atoms with van der Waals surface area (Å²) in [6.45, 7) is 5.94. The fourth-order valence-electron chi connectivity index (χ4n) is 5.19. The molecule has 3 aliphatic rings. The van der Waals surface area contributed by atoms with Gasteiger partial charge in [-0.1, -0.05) is 48.2 Å². The second kappa shape index (κ2) is 13.8. The molecule has 0 aliphatic carbocycles. The van der Waals surface area contributed by atoms with Crippen molar-refractivity contribution in [3.63, 3.8) is 0 Å². The van der Waals surface area contributed by atoms with Crippen LogP contribution in [-0.2, 0) is 16.0 Å². The Morgan fingerprint density at radius 2 is 1.66 bits per heavy atom. The average Bonchev–Trinajstić information content (AvgIpc) is 3.32. The zero-order chi connectivity index (χ0) is 30.5. The molecule has 44 heavy (non-hydrogen) atoms. The minimum absolute atomic E-state index is 0.161. The van der Waals surface area contributed by atoms with Gasteiger partial charge in [0.05, 0.1) is 23.7 Å². The molecule has 3 aromatic rings. The average molecular weight is 633 g/mol. The van der Waals surface area contributed by atoms with Crippen molar-refractivity contribution in [2.75, 3.05) is 59.2 Å². The molecule has 6 rings (SSSR count). The summed E-state index contributed by atoms with van der Waals surface area (Å²) >= 11 is 6.86. The van der Waals surface area contributed by atoms with Crippen molar-refractivity contribution >= 4 is 46.3 Å². The number of thioether (sulfide) groups is 1. The number of hydrogen-bond donors (Lipinski definition) is 1. The van der Waals surface area contributed by atoms with Crippen LogP contribution in [0.4, 0.5) is 0 Å². The highest BCUT2D eigenvalue weighted by Gasteiger charge is 2.32. The maximum atomic E-state index is 13.5. The van der Waals surface area contributed by atoms with Gasteiger partial charge in [0.2, 0.25) is 0 Å². The lowest BCUT2D eigenvalue weighted by molar-refractivity contribution is -0.122. The summed E-state index contributed by atoms with van der Waals surface area (Å²) in [7, 11) is 0. The van der Waals surface area contributed by atoms with Crippen molar-refractivity contribution in [3.05, 3.63) is 82.3 Å². The van der Waals surface area contributed by atoms with Crippen molar-refractivity contribution in [1.82, 2.24) is 9.80 Å². The number of carbonyl (C=O) groups is 2. The van der Waals surface area contributed by atoms with Crippen LogP contribution in [0.5, 0.6) is 17.2 Å². The number of nitrogens with zero attached hydrogens (tertiary/aromatic N) is 2. The van der Waals surface area contributed by atoms with Gasteiger partial charge in [0.1, 0.15) is 29.9 Å². The van der Waals surface area contributed by atoms with Gasteiger partial charge >= 0.3 is 5.97 Å². The molecule has 9 nitrogen and oxygen atoms in total. The third-order valence-corrected chi connectivity index (χ3v) is 9.02. The van der Waals surface area contributed by atoms with Crippen LogP contribution in [0.1, 0.15) is 21.5 Å². The number of carbonyl (C=O) groups excluding carboxylic acids is 1. The van der Waals surface area contributed by atoms with E-state index in [1.54, 1.807) is 29.2 Å². The molecule has 0 saturated carbocycles. The monoisotopic (exact) mass is 632 g/mol. The Hall–Kier alpha value is -3.90. The van der Waals surface area contributed by atoms with Crippen LogP contribution < -0.4 is 14.2 Å². The predicted molar refractivity (Wildman–Crippen MR) is 173 cm³/mol. The van der Waals surface area contributed by atoms with Gasteiger partial charge in [0.15, 0.2) is 11.5 Å². The minimum atomic E-state index is -0.971. The lowest BCUT2D eigenvalue weighted by Gasteiger charge is -2.26. The first kappa shape index (κ1) is 30.1. The summed E-state index contributed by atoms with van der Waals surface area (Å²) in [5.41, 5.74) is 3.85. The van der Waals surface area contributed by atoms with Crippen LogP contribution in [0.2, 0.25) is 0 Å². The van der Waals surface area contributed by atoms with Crippen molar-refractivity contribution in [1.29, 1.82) is 0 Å². The summed E-state index contributed by atoms with van der Waals surface area (Å²) in [6, 6.07) is 18.5. The van der Waals surface area contributed by atoms with Crippen LogP contribution in [0, 0.1) is 0 Å². The normalized spacial score (nSPS) is 17.7. The molecule has 0 bridgehead atoms. The van der Waals surface area contributed by atoms with E-state index in [-0.39, 0.29) is 11.5 Å². The summed E-state index contributed by atoms with van der Waals surface area (Å²) in [4.78, 5) is 29.1. The highest BCUT2D eigenvalue weighted by Crippen LogP contribution is 2.38. The smallest absolute Gasteiger partial charge is 0.335 e. The van der Waals surface area contributed by atoms with Gasteiger partial charge < -0.3 is 24.1 Å². The Morgan fingerprint density at radius 3 is 2.43 bits per heavy atom. The summed E-state index contributed by atoms with van der Waals surface area (Å²) in [5.74, 6) is 0.986. The number of hydrogen-bond acceptors (Lipinski definition) is 9. The molecule has 0 atom stereocenters. The van der Waals surface area contributed by atoms with E-state index >= 15 is 0 Å². The fraction of sp³-hybridized carbons (Fsp3) is 0.303. The molecule has 0 radical (unpaired) electrons. The number of amides is 1. The molecule has 0 aromatic heterocycles. The number of aromatic carboxylic acids is 1. The second-order valence-electron chi connectivity index (χ2n) is 10.5. The number of ether oxygens (including phenoxy) is 4. The largest absolute Gasteiger partial charge is 0.492 e. The highest BCUT2D eigenvalue weighted by molar-refractivity contribution is 8.26. The van der Waals surface area contributed by atoms with Gasteiger partial charge in [-0.25, -0.2) is 4.79 Å². The van der Waals surface area contributed by atoms with E-state index in [2.05, 4.69) is 4.90 Å². The van der Waals surface area contributed by atoms with E-state index in [0.717, 1.165) is 60.9 Å². The highest BCUT2D eigenvalue weighted by atomic mass is 32.2. The predicted octanol–water partition coefficient (Wildman–Crippen LogP) is 4.98. The first-order valence-electron chi connectivity index (χ1n) is 14.5. The second-order valence-corrected chi connectivity index (χ2v) is 12.2. The van der Waals surface area contributed by atoms with Gasteiger partial charge in [-0.2, -0.15) is 0 Å². The lowest BCUT2D eigenvalue weighted by Crippen LogP contribution is -2.38. The van der Waals surface area contributed by atoms with Crippen molar-refractivity contribution < 1.29 is 33.6 Å². The molecule has 3 heterocycles. The number of fused-ring (bicyclic) bond motifs is 1. The number of rotatable bonds is 10. The molecule has 1 amide bonds. The summed E-state index contributed by atoms with van der Waals surface area (Å²) in [6.07, 6.45) is 2.40. The van der Waals surface area contributed by atoms with Crippen LogP contribution in [0.15, 0.2) is 65.6 Å². The summed E-state index contributed by atoms with van der Waals surface area (Å²) < 4.78 is 23.7. The zero-order valence-corrected chi connectivity index (χ0v) is 25.7. The minimum Gasteiger partial charge on any atom is -0.492 e. The van der Waals surface area contributed by atoms with Crippen LogP contribution >= 0.6 is 24.0 Å². The van der Waals surface area contributed by atoms with Crippen molar-refractivity contribution in [2.24, 2.45) is 0 Å². The lowest BCUT2D eigenvalue weighted by atomic mass is 10.0. The third-order valence-electron chi connectivity index (χ3n) is 7.64. The molecule has 1 N–H and O–H groups in total. The molecule has 11 heteroatoms. The zero-order valence-electron chi connectivity index (χ0n) is 24.0. The Morgan fingerprint density at radius 1 is 0.932 bits per heavy atom. The summed E-state index contributed by atoms with van der Waals surface area (Å²) in [5, 5.41) is 9.15. The van der Waals surface area contributed by atoms with Gasteiger partial charge in [-0.3, -0.25) is 14.6 Å². The maximum Gasteiger partial charge on any atom is 0.335 e. The Bertz CT molecular complexity index is 1590. The molecule has 3 aromatic carbocycles. The third kappa shape index (κ3) is 7.07. The molecular weight excluding hydrogens is 601 g/mol. The van der Waals surface area contributed by atoms with Crippen LogP contribution in [0.3, 0.4) is 0 Å². The molecular formula is C33H32N2O7S2. The molecule has 228 valence electrons. The number of thiocarbonyl (C=S) groups is 1. The van der Waals surface area contributed by atoms with E-state index in [9.17, 15) is 9.59 Å². The van der Waals surface area contributed by atoms with Gasteiger partial charge in [-0.15, -0.1) is 0 Å². The molecule has 3 aliphatic heterocycles. The number of carboxylic acids is 1. The van der Waals surface area contributed by atoms with Crippen molar-refractivity contribution in [2.45, 2.75) is 6.42 Å². The Labute approximate surface area is 265 Å². The number of morpholine rings is 1. The van der Waals surface area contributed by atoms with Crippen molar-refractivity contribution in [3.8, 4) is 28.4 Å². The van der Waals surface area contributed by atoms with Gasteiger partial charge in [-0.05, 0) is 65.6 Å². The fourth-order valence-corrected chi connectivity index (χ4v) is 6.49. The molecule has 0 unspecified atom stereocenters. The van der Waals surface area contributed by atoms with Gasteiger partial charge in [0, 0.05) is 31.7 Å². The molecule has 2 fully saturated rings. The standard InChI is InChI=1S/C33H32N2O7S2/c36-31-30(44-33(43)35(31)10-9-22-1-3-23(4-2-22)32(37)38)21-26-19-24(25-6-8-28-29(20-25)42-18-17-41-28)5-7-27(26)40-16-13-34-11-14-39-15-12-34/h1-8,19-21H,9-18H2,(H,37,38)/b30-21-. The molecule has 0 spiro atoms.